The molecule has 2 heterocycles. The second-order valence-electron chi connectivity index (χ2n) is 5.97. The van der Waals surface area contributed by atoms with Crippen molar-refractivity contribution >= 4 is 5.91 Å². The van der Waals surface area contributed by atoms with E-state index < -0.39 is 0 Å². The van der Waals surface area contributed by atoms with Gasteiger partial charge in [-0.1, -0.05) is 6.42 Å². The van der Waals surface area contributed by atoms with Crippen LogP contribution in [0.2, 0.25) is 0 Å². The zero-order chi connectivity index (χ0) is 16.9. The molecule has 128 valence electrons. The molecular formula is C17H21FN4O2. The molecule has 0 radical (unpaired) electrons. The summed E-state index contributed by atoms with van der Waals surface area (Å²) in [4.78, 5) is 12.1. The fourth-order valence-electron chi connectivity index (χ4n) is 2.86. The van der Waals surface area contributed by atoms with Crippen LogP contribution in [-0.4, -0.2) is 27.3 Å². The lowest BCUT2D eigenvalue weighted by molar-refractivity contribution is -0.123. The van der Waals surface area contributed by atoms with E-state index in [2.05, 4.69) is 20.1 Å². The number of aryl methyl sites for hydroxylation is 1. The fourth-order valence-corrected chi connectivity index (χ4v) is 2.86. The molecule has 0 bridgehead atoms. The van der Waals surface area contributed by atoms with E-state index in [0.29, 0.717) is 5.75 Å². The first kappa shape index (κ1) is 16.4. The third kappa shape index (κ3) is 3.90. The minimum Gasteiger partial charge on any atom is -0.484 e. The number of rotatable bonds is 5. The lowest BCUT2D eigenvalue weighted by atomic mass is 10.2. The molecule has 1 aromatic heterocycles. The molecule has 7 heteroatoms. The quantitative estimate of drug-likeness (QED) is 0.913. The number of hydrogen-bond acceptors (Lipinski definition) is 4. The monoisotopic (exact) mass is 332 g/mol. The Morgan fingerprint density at radius 2 is 2.08 bits per heavy atom. The van der Waals surface area contributed by atoms with Gasteiger partial charge in [-0.2, -0.15) is 0 Å². The number of aromatic nitrogens is 3. The Kier molecular flexibility index (Phi) is 5.08. The first-order chi connectivity index (χ1) is 11.6. The maximum atomic E-state index is 12.8. The van der Waals surface area contributed by atoms with Gasteiger partial charge in [0.15, 0.2) is 12.4 Å². The maximum absolute atomic E-state index is 12.8. The lowest BCUT2D eigenvalue weighted by Crippen LogP contribution is -2.32. The molecule has 1 aromatic carbocycles. The van der Waals surface area contributed by atoms with E-state index in [1.165, 1.54) is 30.7 Å². The number of ether oxygens (including phenoxy) is 1. The van der Waals surface area contributed by atoms with Gasteiger partial charge in [0.2, 0.25) is 0 Å². The Hall–Kier alpha value is -2.44. The highest BCUT2D eigenvalue weighted by Gasteiger charge is 2.20. The van der Waals surface area contributed by atoms with Gasteiger partial charge in [-0.25, -0.2) is 4.39 Å². The highest BCUT2D eigenvalue weighted by atomic mass is 19.1. The Balaban J connectivity index is 1.56. The first-order valence-electron chi connectivity index (χ1n) is 8.23. The summed E-state index contributed by atoms with van der Waals surface area (Å²) >= 11 is 0. The summed E-state index contributed by atoms with van der Waals surface area (Å²) in [6.45, 7) is 2.65. The average Bonchev–Trinajstić information content (AvgIpc) is 2.83. The molecule has 1 aliphatic rings. The summed E-state index contributed by atoms with van der Waals surface area (Å²) in [6, 6.07) is 5.33. The van der Waals surface area contributed by atoms with Crippen LogP contribution in [-0.2, 0) is 17.8 Å². The molecule has 0 saturated heterocycles. The van der Waals surface area contributed by atoms with E-state index in [4.69, 9.17) is 4.74 Å². The van der Waals surface area contributed by atoms with Crippen LogP contribution in [0.25, 0.3) is 0 Å². The fraction of sp³-hybridized carbons (Fsp3) is 0.471. The lowest BCUT2D eigenvalue weighted by Gasteiger charge is -2.15. The molecule has 3 rings (SSSR count). The van der Waals surface area contributed by atoms with E-state index >= 15 is 0 Å². The minimum absolute atomic E-state index is 0.128. The van der Waals surface area contributed by atoms with Crippen molar-refractivity contribution in [3.63, 3.8) is 0 Å². The summed E-state index contributed by atoms with van der Waals surface area (Å²) < 4.78 is 20.3. The van der Waals surface area contributed by atoms with E-state index in [1.54, 1.807) is 0 Å². The van der Waals surface area contributed by atoms with Gasteiger partial charge >= 0.3 is 0 Å². The largest absolute Gasteiger partial charge is 0.484 e. The van der Waals surface area contributed by atoms with Crippen molar-refractivity contribution in [3.8, 4) is 5.75 Å². The molecule has 1 amide bonds. The molecule has 0 aliphatic carbocycles. The standard InChI is InChI=1S/C17H21FN4O2/c1-12(17-21-20-15-5-3-2-4-10-22(15)17)19-16(23)11-24-14-8-6-13(18)7-9-14/h6-9,12H,2-5,10-11H2,1H3,(H,19,23)/t12-/m0/s1. The van der Waals surface area contributed by atoms with Crippen molar-refractivity contribution in [2.45, 2.75) is 45.2 Å². The number of halogens is 1. The van der Waals surface area contributed by atoms with Crippen molar-refractivity contribution in [1.82, 2.24) is 20.1 Å². The summed E-state index contributed by atoms with van der Waals surface area (Å²) in [5.74, 6) is 1.63. The summed E-state index contributed by atoms with van der Waals surface area (Å²) in [7, 11) is 0. The van der Waals surface area contributed by atoms with Crippen LogP contribution in [0, 0.1) is 5.82 Å². The average molecular weight is 332 g/mol. The van der Waals surface area contributed by atoms with Crippen molar-refractivity contribution in [2.24, 2.45) is 0 Å². The predicted molar refractivity (Wildman–Crippen MR) is 86.0 cm³/mol. The third-order valence-electron chi connectivity index (χ3n) is 4.09. The Labute approximate surface area is 140 Å². The van der Waals surface area contributed by atoms with Crippen molar-refractivity contribution < 1.29 is 13.9 Å². The number of carbonyl (C=O) groups excluding carboxylic acids is 1. The highest BCUT2D eigenvalue weighted by molar-refractivity contribution is 5.77. The number of hydrogen-bond donors (Lipinski definition) is 1. The topological polar surface area (TPSA) is 69.0 Å². The SMILES string of the molecule is C[C@H](NC(=O)COc1ccc(F)cc1)c1nnc2n1CCCCC2. The third-order valence-corrected chi connectivity index (χ3v) is 4.09. The van der Waals surface area contributed by atoms with E-state index in [0.717, 1.165) is 37.5 Å². The molecule has 0 saturated carbocycles. The van der Waals surface area contributed by atoms with Crippen LogP contribution < -0.4 is 10.1 Å². The number of nitrogens with one attached hydrogen (secondary N) is 1. The van der Waals surface area contributed by atoms with Crippen LogP contribution in [0.15, 0.2) is 24.3 Å². The first-order valence-corrected chi connectivity index (χ1v) is 8.23. The number of benzene rings is 1. The Bertz CT molecular complexity index is 699. The van der Waals surface area contributed by atoms with Crippen molar-refractivity contribution in [1.29, 1.82) is 0 Å². The zero-order valence-electron chi connectivity index (χ0n) is 13.7. The van der Waals surface area contributed by atoms with Crippen LogP contribution >= 0.6 is 0 Å². The van der Waals surface area contributed by atoms with Crippen LogP contribution in [0.1, 0.15) is 43.9 Å². The summed E-state index contributed by atoms with van der Waals surface area (Å²) in [5.41, 5.74) is 0. The van der Waals surface area contributed by atoms with Gasteiger partial charge in [0.05, 0.1) is 6.04 Å². The van der Waals surface area contributed by atoms with Gasteiger partial charge < -0.3 is 14.6 Å². The molecule has 1 aliphatic heterocycles. The molecule has 0 fully saturated rings. The van der Waals surface area contributed by atoms with Crippen LogP contribution in [0.5, 0.6) is 5.75 Å². The molecular weight excluding hydrogens is 311 g/mol. The molecule has 24 heavy (non-hydrogen) atoms. The highest BCUT2D eigenvalue weighted by Crippen LogP contribution is 2.18. The van der Waals surface area contributed by atoms with Crippen molar-refractivity contribution in [2.75, 3.05) is 6.61 Å². The van der Waals surface area contributed by atoms with Crippen LogP contribution in [0.3, 0.4) is 0 Å². The van der Waals surface area contributed by atoms with Gasteiger partial charge in [-0.05, 0) is 44.0 Å². The molecule has 6 nitrogen and oxygen atoms in total. The van der Waals surface area contributed by atoms with E-state index in [-0.39, 0.29) is 24.4 Å². The van der Waals surface area contributed by atoms with Gasteiger partial charge in [0.25, 0.3) is 5.91 Å². The summed E-state index contributed by atoms with van der Waals surface area (Å²) in [6.07, 6.45) is 4.35. The normalized spacial score (nSPS) is 15.2. The van der Waals surface area contributed by atoms with Gasteiger partial charge in [0.1, 0.15) is 17.4 Å². The molecule has 1 atom stereocenters. The molecule has 0 unspecified atom stereocenters. The zero-order valence-corrected chi connectivity index (χ0v) is 13.7. The smallest absolute Gasteiger partial charge is 0.258 e. The van der Waals surface area contributed by atoms with Gasteiger partial charge in [0, 0.05) is 13.0 Å². The second-order valence-corrected chi connectivity index (χ2v) is 5.97. The molecule has 1 N–H and O–H groups in total. The molecule has 2 aromatic rings. The minimum atomic E-state index is -0.340. The second kappa shape index (κ2) is 7.42. The van der Waals surface area contributed by atoms with Crippen molar-refractivity contribution in [3.05, 3.63) is 41.7 Å². The Morgan fingerprint density at radius 3 is 2.88 bits per heavy atom. The van der Waals surface area contributed by atoms with Gasteiger partial charge in [-0.3, -0.25) is 4.79 Å². The van der Waals surface area contributed by atoms with Gasteiger partial charge in [-0.15, -0.1) is 10.2 Å². The number of carbonyl (C=O) groups is 1. The predicted octanol–water partition coefficient (Wildman–Crippen LogP) is 2.40. The number of amides is 1. The maximum Gasteiger partial charge on any atom is 0.258 e. The summed E-state index contributed by atoms with van der Waals surface area (Å²) in [5, 5.41) is 11.4. The number of nitrogens with zero attached hydrogens (tertiary/aromatic N) is 3. The van der Waals surface area contributed by atoms with E-state index in [1.807, 2.05) is 6.92 Å². The van der Waals surface area contributed by atoms with Crippen LogP contribution in [0.4, 0.5) is 4.39 Å². The number of fused-ring (bicyclic) bond motifs is 1. The van der Waals surface area contributed by atoms with E-state index in [9.17, 15) is 9.18 Å². The Morgan fingerprint density at radius 1 is 1.29 bits per heavy atom. The molecule has 0 spiro atoms.